The monoisotopic (exact) mass is 467 g/mol. The average molecular weight is 467 g/mol. The van der Waals surface area contributed by atoms with Gasteiger partial charge in [0.2, 0.25) is 11.6 Å². The van der Waals surface area contributed by atoms with Gasteiger partial charge in [-0.2, -0.15) is 8.78 Å². The van der Waals surface area contributed by atoms with Crippen LogP contribution in [0.5, 0.6) is 5.75 Å². The van der Waals surface area contributed by atoms with E-state index < -0.39 is 75.5 Å². The molecule has 10 heteroatoms. The SMILES string of the molecule is C=Cc1ccc([B]c2c(F)c(F)c(COc3c(F)c(F)c(C=C)c(F)c3F)c(F)c2F)cc1. The molecule has 0 spiro atoms. The molecule has 3 rings (SSSR count). The van der Waals surface area contributed by atoms with Crippen LogP contribution in [0.15, 0.2) is 37.4 Å². The molecule has 0 unspecified atom stereocenters. The van der Waals surface area contributed by atoms with Crippen LogP contribution in [0.25, 0.3) is 12.2 Å². The minimum Gasteiger partial charge on any atom is -0.482 e. The molecule has 0 aliphatic heterocycles. The van der Waals surface area contributed by atoms with Crippen molar-refractivity contribution in [2.24, 2.45) is 0 Å². The highest BCUT2D eigenvalue weighted by Crippen LogP contribution is 2.31. The second-order valence-corrected chi connectivity index (χ2v) is 6.65. The first kappa shape index (κ1) is 24.1. The van der Waals surface area contributed by atoms with Crippen molar-refractivity contribution in [1.29, 1.82) is 0 Å². The van der Waals surface area contributed by atoms with Gasteiger partial charge < -0.3 is 4.74 Å². The predicted molar refractivity (Wildman–Crippen MR) is 109 cm³/mol. The van der Waals surface area contributed by atoms with Crippen LogP contribution in [0.3, 0.4) is 0 Å². The first-order valence-electron chi connectivity index (χ1n) is 9.15. The first-order valence-corrected chi connectivity index (χ1v) is 9.15. The zero-order chi connectivity index (χ0) is 24.4. The minimum absolute atomic E-state index is 0.207. The van der Waals surface area contributed by atoms with Gasteiger partial charge in [-0.05, 0) is 11.0 Å². The summed E-state index contributed by atoms with van der Waals surface area (Å²) < 4.78 is 118. The van der Waals surface area contributed by atoms with Gasteiger partial charge in [-0.3, -0.25) is 0 Å². The number of hydrogen-bond acceptors (Lipinski definition) is 1. The lowest BCUT2D eigenvalue weighted by Gasteiger charge is -2.14. The van der Waals surface area contributed by atoms with Crippen LogP contribution in [0, 0.1) is 46.5 Å². The Labute approximate surface area is 183 Å². The Morgan fingerprint density at radius 1 is 0.667 bits per heavy atom. The van der Waals surface area contributed by atoms with Crippen LogP contribution in [-0.2, 0) is 6.61 Å². The van der Waals surface area contributed by atoms with E-state index in [0.29, 0.717) is 11.6 Å². The summed E-state index contributed by atoms with van der Waals surface area (Å²) in [5.41, 5.74) is -2.67. The lowest BCUT2D eigenvalue weighted by molar-refractivity contribution is 0.249. The van der Waals surface area contributed by atoms with E-state index in [1.54, 1.807) is 12.1 Å². The smallest absolute Gasteiger partial charge is 0.204 e. The molecular weight excluding hydrogens is 455 g/mol. The van der Waals surface area contributed by atoms with Crippen LogP contribution in [-0.4, -0.2) is 7.28 Å². The molecule has 0 aliphatic carbocycles. The molecule has 0 atom stereocenters. The third-order valence-electron chi connectivity index (χ3n) is 4.69. The van der Waals surface area contributed by atoms with Crippen molar-refractivity contribution in [1.82, 2.24) is 0 Å². The summed E-state index contributed by atoms with van der Waals surface area (Å²) in [7, 11) is 0.840. The Hall–Kier alpha value is -3.56. The van der Waals surface area contributed by atoms with Crippen molar-refractivity contribution < 1.29 is 39.9 Å². The second kappa shape index (κ2) is 9.52. The molecule has 3 aromatic rings. The fourth-order valence-corrected chi connectivity index (χ4v) is 2.92. The van der Waals surface area contributed by atoms with E-state index in [9.17, 15) is 35.1 Å². The van der Waals surface area contributed by atoms with Crippen LogP contribution in [0.4, 0.5) is 35.1 Å². The van der Waals surface area contributed by atoms with E-state index in [2.05, 4.69) is 17.9 Å². The van der Waals surface area contributed by atoms with Gasteiger partial charge in [-0.25, -0.2) is 26.3 Å². The molecular formula is C23H12BF8O. The van der Waals surface area contributed by atoms with E-state index in [4.69, 9.17) is 0 Å². The fraction of sp³-hybridized carbons (Fsp3) is 0.0435. The summed E-state index contributed by atoms with van der Waals surface area (Å²) in [5.74, 6) is -16.9. The molecule has 0 N–H and O–H groups in total. The fourth-order valence-electron chi connectivity index (χ4n) is 2.92. The molecule has 1 nitrogen and oxygen atoms in total. The largest absolute Gasteiger partial charge is 0.482 e. The zero-order valence-electron chi connectivity index (χ0n) is 16.6. The lowest BCUT2D eigenvalue weighted by Crippen LogP contribution is -2.35. The van der Waals surface area contributed by atoms with Crippen molar-refractivity contribution in [3.05, 3.63) is 101 Å². The van der Waals surface area contributed by atoms with Crippen LogP contribution >= 0.6 is 0 Å². The van der Waals surface area contributed by atoms with Gasteiger partial charge in [-0.15, -0.1) is 0 Å². The molecule has 33 heavy (non-hydrogen) atoms. The van der Waals surface area contributed by atoms with E-state index in [-0.39, 0.29) is 5.46 Å². The van der Waals surface area contributed by atoms with Crippen molar-refractivity contribution >= 4 is 30.4 Å². The summed E-state index contributed by atoms with van der Waals surface area (Å²) in [4.78, 5) is 0. The topological polar surface area (TPSA) is 9.23 Å². The molecule has 3 aromatic carbocycles. The van der Waals surface area contributed by atoms with Crippen molar-refractivity contribution in [2.45, 2.75) is 6.61 Å². The summed E-state index contributed by atoms with van der Waals surface area (Å²) in [6, 6.07) is 5.93. The molecule has 0 aliphatic rings. The normalized spacial score (nSPS) is 10.8. The van der Waals surface area contributed by atoms with Gasteiger partial charge in [0, 0.05) is 0 Å². The van der Waals surface area contributed by atoms with E-state index in [1.807, 2.05) is 0 Å². The number of rotatable bonds is 7. The summed E-state index contributed by atoms with van der Waals surface area (Å²) >= 11 is 0. The third kappa shape index (κ3) is 4.37. The van der Waals surface area contributed by atoms with Gasteiger partial charge in [0.15, 0.2) is 47.9 Å². The van der Waals surface area contributed by atoms with Crippen molar-refractivity contribution in [2.75, 3.05) is 0 Å². The average Bonchev–Trinajstić information content (AvgIpc) is 2.82. The molecule has 0 heterocycles. The first-order chi connectivity index (χ1) is 15.6. The van der Waals surface area contributed by atoms with Gasteiger partial charge in [0.25, 0.3) is 0 Å². The van der Waals surface area contributed by atoms with Crippen molar-refractivity contribution in [3.8, 4) is 5.75 Å². The third-order valence-corrected chi connectivity index (χ3v) is 4.69. The summed E-state index contributed by atoms with van der Waals surface area (Å²) in [6.45, 7) is 5.07. The molecule has 0 bridgehead atoms. The highest BCUT2D eigenvalue weighted by molar-refractivity contribution is 6.67. The maximum atomic E-state index is 14.5. The number of halogens is 8. The molecule has 1 radical (unpaired) electrons. The predicted octanol–water partition coefficient (Wildman–Crippen LogP) is 5.32. The molecule has 0 fully saturated rings. The Morgan fingerprint density at radius 2 is 1.18 bits per heavy atom. The molecule has 0 saturated carbocycles. The second-order valence-electron chi connectivity index (χ2n) is 6.65. The van der Waals surface area contributed by atoms with Crippen LogP contribution in [0.2, 0.25) is 0 Å². The van der Waals surface area contributed by atoms with Gasteiger partial charge >= 0.3 is 0 Å². The quantitative estimate of drug-likeness (QED) is 0.260. The van der Waals surface area contributed by atoms with Gasteiger partial charge in [-0.1, -0.05) is 55.0 Å². The van der Waals surface area contributed by atoms with Gasteiger partial charge in [0.1, 0.15) is 6.61 Å². The van der Waals surface area contributed by atoms with E-state index in [0.717, 1.165) is 7.28 Å². The Morgan fingerprint density at radius 3 is 1.64 bits per heavy atom. The number of ether oxygens (including phenoxy) is 1. The molecule has 0 saturated heterocycles. The minimum atomic E-state index is -2.02. The Kier molecular flexibility index (Phi) is 6.95. The highest BCUT2D eigenvalue weighted by Gasteiger charge is 2.29. The number of benzene rings is 3. The highest BCUT2D eigenvalue weighted by atomic mass is 19.2. The molecule has 0 amide bonds. The Balaban J connectivity index is 1.96. The molecule has 0 aromatic heterocycles. The van der Waals surface area contributed by atoms with Crippen molar-refractivity contribution in [3.63, 3.8) is 0 Å². The van der Waals surface area contributed by atoms with E-state index >= 15 is 0 Å². The van der Waals surface area contributed by atoms with Gasteiger partial charge in [0.05, 0.1) is 11.1 Å². The maximum absolute atomic E-state index is 14.5. The maximum Gasteiger partial charge on any atom is 0.204 e. The molecule has 169 valence electrons. The lowest BCUT2D eigenvalue weighted by atomic mass is 9.63. The Bertz CT molecular complexity index is 1200. The van der Waals surface area contributed by atoms with E-state index in [1.165, 1.54) is 18.2 Å². The number of hydrogen-bond donors (Lipinski definition) is 0. The standard InChI is InChI=1S/C23H12BF8O/c1-3-10-5-7-11(8-6-10)24-14-19(29)17(27)13(18(28)20(14)30)9-33-23-21(31)15(25)12(4-2)16(26)22(23)32/h3-8H,1-2,9H2. The zero-order valence-corrected chi connectivity index (χ0v) is 16.6. The van der Waals surface area contributed by atoms with Crippen LogP contribution < -0.4 is 15.7 Å². The van der Waals surface area contributed by atoms with Crippen LogP contribution in [0.1, 0.15) is 16.7 Å². The summed E-state index contributed by atoms with van der Waals surface area (Å²) in [5, 5.41) is 0. The summed E-state index contributed by atoms with van der Waals surface area (Å²) in [6.07, 6.45) is 2.01.